The van der Waals surface area contributed by atoms with E-state index in [0.29, 0.717) is 0 Å². The molecule has 0 unspecified atom stereocenters. The van der Waals surface area contributed by atoms with Crippen LogP contribution in [0.5, 0.6) is 0 Å². The Labute approximate surface area is 165 Å². The molecule has 0 saturated carbocycles. The third kappa shape index (κ3) is 4.23. The molecule has 26 heavy (non-hydrogen) atoms. The fourth-order valence-electron chi connectivity index (χ4n) is 3.41. The van der Waals surface area contributed by atoms with Gasteiger partial charge >= 0.3 is 0 Å². The molecule has 2 nitrogen and oxygen atoms in total. The first-order chi connectivity index (χ1) is 12.4. The lowest BCUT2D eigenvalue weighted by molar-refractivity contribution is -0.697. The van der Waals surface area contributed by atoms with Crippen LogP contribution in [0.4, 0.5) is 0 Å². The average molecular weight is 407 g/mol. The van der Waals surface area contributed by atoms with Crippen LogP contribution < -0.4 is 21.5 Å². The Balaban J connectivity index is 0.00000196. The molecule has 2 aromatic heterocycles. The number of hydrogen-bond acceptors (Lipinski definition) is 0. The maximum atomic E-state index is 3.29. The van der Waals surface area contributed by atoms with Crippen LogP contribution >= 0.6 is 0 Å². The number of nitrogens with zero attached hydrogens (tertiary/aromatic N) is 1. The van der Waals surface area contributed by atoms with Crippen molar-refractivity contribution in [2.45, 2.75) is 25.8 Å². The number of nitrogens with one attached hydrogen (secondary N) is 1. The number of aromatic amines is 1. The SMILES string of the molecule is [Br-].c1ccc(-c2cc[n+](CCCCc3cccc4[nH]ccc34)cc2)cc1. The van der Waals surface area contributed by atoms with Gasteiger partial charge < -0.3 is 22.0 Å². The molecule has 0 aliphatic carbocycles. The summed E-state index contributed by atoms with van der Waals surface area (Å²) in [6, 6.07) is 23.7. The summed E-state index contributed by atoms with van der Waals surface area (Å²) in [6.07, 6.45) is 9.94. The number of pyridine rings is 1. The molecule has 4 aromatic rings. The zero-order chi connectivity index (χ0) is 16.9. The highest BCUT2D eigenvalue weighted by atomic mass is 79.9. The number of benzene rings is 2. The Morgan fingerprint density at radius 2 is 1.50 bits per heavy atom. The van der Waals surface area contributed by atoms with Gasteiger partial charge in [-0.1, -0.05) is 42.5 Å². The van der Waals surface area contributed by atoms with Crippen LogP contribution in [0.3, 0.4) is 0 Å². The van der Waals surface area contributed by atoms with Crippen molar-refractivity contribution in [3.05, 3.63) is 90.9 Å². The number of H-pyrrole nitrogens is 1. The lowest BCUT2D eigenvalue weighted by atomic mass is 10.0. The van der Waals surface area contributed by atoms with Crippen molar-refractivity contribution >= 4 is 10.9 Å². The first-order valence-electron chi connectivity index (χ1n) is 9.00. The summed E-state index contributed by atoms with van der Waals surface area (Å²) in [5.74, 6) is 0. The van der Waals surface area contributed by atoms with E-state index in [1.807, 2.05) is 6.20 Å². The lowest BCUT2D eigenvalue weighted by Crippen LogP contribution is -3.00. The highest BCUT2D eigenvalue weighted by Gasteiger charge is 2.05. The van der Waals surface area contributed by atoms with Crippen molar-refractivity contribution in [3.63, 3.8) is 0 Å². The molecule has 0 spiro atoms. The van der Waals surface area contributed by atoms with Gasteiger partial charge in [0.15, 0.2) is 12.4 Å². The van der Waals surface area contributed by atoms with Crippen molar-refractivity contribution in [2.24, 2.45) is 0 Å². The van der Waals surface area contributed by atoms with E-state index in [9.17, 15) is 0 Å². The predicted molar refractivity (Wildman–Crippen MR) is 103 cm³/mol. The molecule has 2 heterocycles. The molecule has 0 fully saturated rings. The van der Waals surface area contributed by atoms with Crippen molar-refractivity contribution in [1.29, 1.82) is 0 Å². The Kier molecular flexibility index (Phi) is 6.24. The van der Waals surface area contributed by atoms with Gasteiger partial charge in [-0.05, 0) is 41.7 Å². The van der Waals surface area contributed by atoms with Gasteiger partial charge in [-0.15, -0.1) is 0 Å². The second kappa shape index (κ2) is 8.81. The quantitative estimate of drug-likeness (QED) is 0.373. The van der Waals surface area contributed by atoms with Gasteiger partial charge in [0.25, 0.3) is 0 Å². The summed E-state index contributed by atoms with van der Waals surface area (Å²) in [5, 5.41) is 1.36. The van der Waals surface area contributed by atoms with Crippen molar-refractivity contribution in [2.75, 3.05) is 0 Å². The third-order valence-electron chi connectivity index (χ3n) is 4.80. The maximum Gasteiger partial charge on any atom is 0.169 e. The molecule has 0 saturated heterocycles. The zero-order valence-electron chi connectivity index (χ0n) is 14.7. The minimum Gasteiger partial charge on any atom is -1.00 e. The number of aryl methyl sites for hydroxylation is 2. The summed E-state index contributed by atoms with van der Waals surface area (Å²) in [5.41, 5.74) is 5.23. The fourth-order valence-corrected chi connectivity index (χ4v) is 3.41. The molecule has 0 bridgehead atoms. The van der Waals surface area contributed by atoms with Crippen molar-refractivity contribution in [1.82, 2.24) is 4.98 Å². The van der Waals surface area contributed by atoms with Gasteiger partial charge in [0.2, 0.25) is 0 Å². The van der Waals surface area contributed by atoms with Crippen molar-refractivity contribution in [3.8, 4) is 11.1 Å². The second-order valence-electron chi connectivity index (χ2n) is 6.50. The lowest BCUT2D eigenvalue weighted by Gasteiger charge is -2.03. The van der Waals surface area contributed by atoms with Gasteiger partial charge in [0.1, 0.15) is 6.54 Å². The number of unbranched alkanes of at least 4 members (excludes halogenated alkanes) is 1. The molecule has 2 aromatic carbocycles. The zero-order valence-corrected chi connectivity index (χ0v) is 16.3. The summed E-state index contributed by atoms with van der Waals surface area (Å²) >= 11 is 0. The molecule has 132 valence electrons. The number of aromatic nitrogens is 2. The average Bonchev–Trinajstić information content (AvgIpc) is 3.16. The van der Waals surface area contributed by atoms with E-state index in [0.717, 1.165) is 13.0 Å². The van der Waals surface area contributed by atoms with Crippen LogP contribution in [0, 0.1) is 0 Å². The molecule has 0 aliphatic heterocycles. The smallest absolute Gasteiger partial charge is 0.169 e. The number of hydrogen-bond donors (Lipinski definition) is 1. The molecule has 0 aliphatic rings. The van der Waals surface area contributed by atoms with Crippen LogP contribution in [-0.4, -0.2) is 4.98 Å². The molecular weight excluding hydrogens is 384 g/mol. The Hall–Kier alpha value is -2.39. The monoisotopic (exact) mass is 406 g/mol. The summed E-state index contributed by atoms with van der Waals surface area (Å²) in [4.78, 5) is 3.29. The van der Waals surface area contributed by atoms with Crippen LogP contribution in [0.2, 0.25) is 0 Å². The van der Waals surface area contributed by atoms with Gasteiger partial charge in [0, 0.05) is 35.7 Å². The van der Waals surface area contributed by atoms with E-state index >= 15 is 0 Å². The van der Waals surface area contributed by atoms with Gasteiger partial charge in [-0.2, -0.15) is 0 Å². The van der Waals surface area contributed by atoms with Crippen LogP contribution in [0.15, 0.2) is 85.3 Å². The van der Waals surface area contributed by atoms with Gasteiger partial charge in [-0.3, -0.25) is 0 Å². The van der Waals surface area contributed by atoms with E-state index in [-0.39, 0.29) is 17.0 Å². The van der Waals surface area contributed by atoms with E-state index in [4.69, 9.17) is 0 Å². The predicted octanol–water partition coefficient (Wildman–Crippen LogP) is 2.15. The maximum absolute atomic E-state index is 3.29. The Bertz CT molecular complexity index is 943. The van der Waals surface area contributed by atoms with E-state index < -0.39 is 0 Å². The van der Waals surface area contributed by atoms with E-state index in [2.05, 4.69) is 88.7 Å². The highest BCUT2D eigenvalue weighted by molar-refractivity contribution is 5.82. The number of fused-ring (bicyclic) bond motifs is 1. The summed E-state index contributed by atoms with van der Waals surface area (Å²) < 4.78 is 2.28. The van der Waals surface area contributed by atoms with Gasteiger partial charge in [-0.25, -0.2) is 4.57 Å². The van der Waals surface area contributed by atoms with Gasteiger partial charge in [0.05, 0.1) is 0 Å². The Morgan fingerprint density at radius 1 is 0.731 bits per heavy atom. The minimum atomic E-state index is 0. The topological polar surface area (TPSA) is 19.7 Å². The molecule has 0 atom stereocenters. The molecule has 0 amide bonds. The first kappa shape index (κ1) is 18.4. The van der Waals surface area contributed by atoms with E-state index in [1.54, 1.807) is 0 Å². The second-order valence-corrected chi connectivity index (χ2v) is 6.50. The molecule has 0 radical (unpaired) electrons. The van der Waals surface area contributed by atoms with Crippen LogP contribution in [0.25, 0.3) is 22.0 Å². The van der Waals surface area contributed by atoms with Crippen molar-refractivity contribution < 1.29 is 21.5 Å². The first-order valence-corrected chi connectivity index (χ1v) is 9.00. The highest BCUT2D eigenvalue weighted by Crippen LogP contribution is 2.19. The minimum absolute atomic E-state index is 0. The Morgan fingerprint density at radius 3 is 2.31 bits per heavy atom. The third-order valence-corrected chi connectivity index (χ3v) is 4.80. The summed E-state index contributed by atoms with van der Waals surface area (Å²) in [6.45, 7) is 1.07. The molecule has 4 rings (SSSR count). The van der Waals surface area contributed by atoms with Crippen LogP contribution in [-0.2, 0) is 13.0 Å². The standard InChI is InChI=1S/C23H23N2.BrH/c1-2-7-19(8-3-1)20-13-17-25(18-14-20)16-5-4-9-21-10-6-11-23-22(21)12-15-24-23;/h1-3,6-8,10-15,17-18,24H,4-5,9,16H2;1H/q+1;/p-1. The normalized spacial score (nSPS) is 10.6. The fraction of sp³-hybridized carbons (Fsp3) is 0.174. The molecule has 3 heteroatoms. The van der Waals surface area contributed by atoms with Crippen LogP contribution in [0.1, 0.15) is 18.4 Å². The summed E-state index contributed by atoms with van der Waals surface area (Å²) in [7, 11) is 0. The molecule has 1 N–H and O–H groups in total. The molecular formula is C23H23BrN2. The largest absolute Gasteiger partial charge is 1.00 e. The van der Waals surface area contributed by atoms with E-state index in [1.165, 1.54) is 40.4 Å². The number of halogens is 1. The number of rotatable bonds is 6.